The number of hydrogen-bond acceptors (Lipinski definition) is 17. The van der Waals surface area contributed by atoms with Gasteiger partial charge in [0.15, 0.2) is 17.3 Å². The molecule has 784 valence electrons. The number of carboxylic acid groups (broad SMARTS) is 1. The fourth-order valence-electron chi connectivity index (χ4n) is 25.0. The lowest BCUT2D eigenvalue weighted by Gasteiger charge is -2.47. The molecular formula is C117H170F3I2N9O11. The summed E-state index contributed by atoms with van der Waals surface area (Å²) >= 11 is 0. The molecule has 20 nitrogen and oxygen atoms in total. The molecule has 9 atom stereocenters. The largest absolute Gasteiger partial charge is 1.00 e. The van der Waals surface area contributed by atoms with Gasteiger partial charge in [0, 0.05) is 159 Å². The maximum Gasteiger partial charge on any atom is 0.316 e. The van der Waals surface area contributed by atoms with E-state index in [1.165, 1.54) is 190 Å². The summed E-state index contributed by atoms with van der Waals surface area (Å²) in [5, 5.41) is 8.25. The van der Waals surface area contributed by atoms with Crippen LogP contribution in [0.5, 0.6) is 0 Å². The molecule has 3 unspecified atom stereocenters. The van der Waals surface area contributed by atoms with Crippen molar-refractivity contribution in [1.82, 2.24) is 0 Å². The first kappa shape index (κ1) is 116. The highest BCUT2D eigenvalue weighted by Crippen LogP contribution is 2.56. The van der Waals surface area contributed by atoms with E-state index in [-0.39, 0.29) is 112 Å². The Kier molecular flexibility index (Phi) is 47.0. The van der Waals surface area contributed by atoms with Crippen LogP contribution in [0.25, 0.3) is 0 Å². The van der Waals surface area contributed by atoms with Crippen LogP contribution in [-0.4, -0.2) is 213 Å². The lowest BCUT2D eigenvalue weighted by molar-refractivity contribution is -0.949. The number of unbranched alkanes of at least 4 members (excludes halogenated alkanes) is 16. The smallest absolute Gasteiger partial charge is 0.316 e. The second-order valence-corrected chi connectivity index (χ2v) is 43.0. The molecule has 9 aliphatic rings. The zero-order chi connectivity index (χ0) is 99.8. The SMILES string of the molecule is CCCC(C)(CCC)C(=O)OC[N+]1(CCCC(=O)c2ccc(F)cc2)CC[C@H]2[C@@H](C1)c1cccc3c1N2CCN3C.CCCCCCC(CCCCCC)C(=O)OC[N+]1(CCCC(=O)c2ccc(F)cc2)CC[C@H]2[C@@H](C1)c1cccc3c1N2CCN3C.CCCCCCCCC(CCCCCCCC)C(=O)OC[N+]1(CCCC(=O)c2ccc(F)cc2)CC[C@H]2[C@@H](C1)c1cccc3c1N2CCN3C.O=C[O-].[I-].[I-]. The normalized spacial score (nSPS) is 21.2. The second kappa shape index (κ2) is 57.5. The summed E-state index contributed by atoms with van der Waals surface area (Å²) in [7, 11) is 6.56. The number of fused-ring (bicyclic) bond motifs is 9. The minimum atomic E-state index is -0.500. The Balaban J connectivity index is 0.000000215. The summed E-state index contributed by atoms with van der Waals surface area (Å²) in [5.41, 5.74) is 13.6. The van der Waals surface area contributed by atoms with E-state index in [9.17, 15) is 41.9 Å². The Bertz CT molecular complexity index is 4910. The molecule has 0 N–H and O–H groups in total. The first-order chi connectivity index (χ1) is 67.8. The molecule has 6 aromatic carbocycles. The Morgan fingerprint density at radius 2 is 0.648 bits per heavy atom. The molecule has 0 spiro atoms. The zero-order valence-electron chi connectivity index (χ0n) is 87.6. The van der Waals surface area contributed by atoms with Crippen LogP contribution in [0.3, 0.4) is 0 Å². The number of quaternary nitrogens is 3. The van der Waals surface area contributed by atoms with Crippen molar-refractivity contribution < 1.29 is 127 Å². The highest BCUT2D eigenvalue weighted by atomic mass is 127. The number of likely N-dealkylation sites (N-methyl/N-ethyl adjacent to an activating group) is 3. The van der Waals surface area contributed by atoms with E-state index >= 15 is 0 Å². The number of hydrogen-bond donors (Lipinski definition) is 0. The third-order valence-corrected chi connectivity index (χ3v) is 32.9. The third-order valence-electron chi connectivity index (χ3n) is 32.9. The quantitative estimate of drug-likeness (QED) is 0.00666. The molecule has 9 aliphatic heterocycles. The number of Topliss-reactive ketones (excluding diaryl/α,β-unsaturated/α-hetero) is 3. The minimum absolute atomic E-state index is 0. The molecule has 0 bridgehead atoms. The predicted molar refractivity (Wildman–Crippen MR) is 556 cm³/mol. The van der Waals surface area contributed by atoms with Gasteiger partial charge in [-0.25, -0.2) is 13.2 Å². The number of likely N-dealkylation sites (tertiary alicyclic amines) is 3. The van der Waals surface area contributed by atoms with Crippen LogP contribution >= 0.6 is 0 Å². The summed E-state index contributed by atoms with van der Waals surface area (Å²) in [4.78, 5) is 104. The van der Waals surface area contributed by atoms with Crippen LogP contribution in [0.2, 0.25) is 0 Å². The fourth-order valence-corrected chi connectivity index (χ4v) is 25.0. The number of nitrogens with zero attached hydrogens (tertiary/aromatic N) is 9. The van der Waals surface area contributed by atoms with Crippen molar-refractivity contribution in [3.63, 3.8) is 0 Å². The van der Waals surface area contributed by atoms with E-state index in [1.807, 2.05) is 0 Å². The van der Waals surface area contributed by atoms with Crippen LogP contribution in [0.15, 0.2) is 127 Å². The van der Waals surface area contributed by atoms with E-state index in [0.29, 0.717) is 125 Å². The van der Waals surface area contributed by atoms with Gasteiger partial charge >= 0.3 is 17.9 Å². The fraction of sp³-hybridized carbons (Fsp3) is 0.632. The molecule has 3 fully saturated rings. The van der Waals surface area contributed by atoms with Gasteiger partial charge in [-0.3, -0.25) is 42.2 Å². The van der Waals surface area contributed by atoms with Crippen LogP contribution in [0.4, 0.5) is 47.3 Å². The van der Waals surface area contributed by atoms with Crippen molar-refractivity contribution >= 4 is 75.9 Å². The van der Waals surface area contributed by atoms with Crippen LogP contribution < -0.4 is 82.5 Å². The van der Waals surface area contributed by atoms with E-state index in [1.54, 1.807) is 36.4 Å². The maximum absolute atomic E-state index is 13.9. The highest BCUT2D eigenvalue weighted by Gasteiger charge is 2.55. The van der Waals surface area contributed by atoms with Crippen LogP contribution in [0, 0.1) is 34.7 Å². The van der Waals surface area contributed by atoms with Crippen molar-refractivity contribution in [2.24, 2.45) is 17.3 Å². The van der Waals surface area contributed by atoms with Crippen molar-refractivity contribution in [3.8, 4) is 0 Å². The van der Waals surface area contributed by atoms with E-state index in [0.717, 1.165) is 194 Å². The average molecular weight is 2190 g/mol. The Morgan fingerprint density at radius 1 is 0.380 bits per heavy atom. The molecule has 15 rings (SSSR count). The molecule has 0 saturated carbocycles. The van der Waals surface area contributed by atoms with Gasteiger partial charge in [0.25, 0.3) is 0 Å². The number of piperidine rings is 3. The van der Waals surface area contributed by atoms with Crippen molar-refractivity contribution in [3.05, 3.63) is 178 Å². The van der Waals surface area contributed by atoms with Gasteiger partial charge in [-0.1, -0.05) is 219 Å². The highest BCUT2D eigenvalue weighted by molar-refractivity contribution is 5.97. The lowest BCUT2D eigenvalue weighted by atomic mass is 9.81. The maximum atomic E-state index is 13.9. The van der Waals surface area contributed by atoms with Crippen molar-refractivity contribution in [2.75, 3.05) is 169 Å². The number of rotatable bonds is 52. The van der Waals surface area contributed by atoms with Gasteiger partial charge in [-0.2, -0.15) is 0 Å². The summed E-state index contributed by atoms with van der Waals surface area (Å²) in [6.07, 6.45) is 37.8. The van der Waals surface area contributed by atoms with E-state index in [2.05, 4.69) is 154 Å². The van der Waals surface area contributed by atoms with Gasteiger partial charge in [-0.15, -0.1) is 0 Å². The summed E-state index contributed by atoms with van der Waals surface area (Å²) in [5.74, 6) is 0.0740. The van der Waals surface area contributed by atoms with Crippen LogP contribution in [-0.2, 0) is 33.4 Å². The molecule has 0 amide bonds. The predicted octanol–water partition coefficient (Wildman–Crippen LogP) is 17.5. The third kappa shape index (κ3) is 30.5. The molecule has 142 heavy (non-hydrogen) atoms. The number of benzene rings is 6. The van der Waals surface area contributed by atoms with Crippen molar-refractivity contribution in [1.29, 1.82) is 0 Å². The summed E-state index contributed by atoms with van der Waals surface area (Å²) in [6.45, 7) is 29.9. The molecule has 0 aliphatic carbocycles. The molecular weight excluding hydrogens is 2020 g/mol. The number of ether oxygens (including phenoxy) is 3. The topological polar surface area (TPSA) is 190 Å². The van der Waals surface area contributed by atoms with Gasteiger partial charge in [0.2, 0.25) is 20.2 Å². The van der Waals surface area contributed by atoms with Crippen molar-refractivity contribution in [2.45, 2.75) is 322 Å². The lowest BCUT2D eigenvalue weighted by Crippen LogP contribution is -3.00. The number of carbonyl (C=O) groups is 7. The Morgan fingerprint density at radius 3 is 0.930 bits per heavy atom. The molecule has 0 radical (unpaired) electrons. The van der Waals surface area contributed by atoms with Gasteiger partial charge in [0.1, 0.15) is 17.5 Å². The summed E-state index contributed by atoms with van der Waals surface area (Å²) in [6, 6.07) is 39.2. The number of carbonyl (C=O) groups excluding carboxylic acids is 7. The van der Waals surface area contributed by atoms with Gasteiger partial charge < -0.3 is 101 Å². The van der Waals surface area contributed by atoms with Gasteiger partial charge in [0.05, 0.1) is 128 Å². The molecule has 25 heteroatoms. The molecule has 0 aromatic heterocycles. The first-order valence-corrected chi connectivity index (χ1v) is 54.6. The summed E-state index contributed by atoms with van der Waals surface area (Å²) < 4.78 is 61.5. The second-order valence-electron chi connectivity index (χ2n) is 43.0. The number of para-hydroxylation sites is 3. The number of esters is 3. The Hall–Kier alpha value is -7.86. The van der Waals surface area contributed by atoms with Gasteiger partial charge in [-0.05, 0) is 153 Å². The number of anilines is 6. The zero-order valence-corrected chi connectivity index (χ0v) is 91.9. The number of halogens is 5. The minimum Gasteiger partial charge on any atom is -1.00 e. The first-order valence-electron chi connectivity index (χ1n) is 54.6. The molecule has 9 heterocycles. The monoisotopic (exact) mass is 2190 g/mol. The standard InChI is InChI=1S/C43H65FN3O3.C39H57FN3O3.C34H47FN3O3.CH2O2.2HI/c1-4-6-8-10-12-14-18-35(19-15-13-11-9-7-5-2)43(49)50-33-47(30-17-22-41(48)34-23-25-36(44)26-24-34)31-27-39-38(32-47)37-20-16-21-40-42(37)46(39)29-28-45(40)3;1-4-6-8-10-14-31(15-11-9-7-5-2)39(45)46-29-43(26-13-18-37(44)30-19-21-32(40)22-20-30)27-23-35-34(28-43)33-16-12-17-36-38(33)42(35)25-24-41(36)3;1-5-17-34(3,18-6-2)33(40)41-24-38(21-8-11-31(39)25-12-14-26(35)15-13-25)22-16-29-28(23-38)27-9-7-10-30-32(27)37(29)20-19-36(30)4;2-1-3;;/h16,20-21,23-26,35,38-39H,4-15,17-19,22,27-33H2,1-3H3;12,16-17,19-22,31,34-35H,4-11,13-15,18,23-29H2,1-3H3;7,9-10,12-15,28-29H,5-6,8,11,16-24H2,1-4H3;1H,(H,2,3);2*1H/q3*+1;;;/p-3/t38-,39-,47?;34-,35-,43?;28-,29-,38?;;;/m000.../s1. The average Bonchev–Trinajstić information content (AvgIpc) is 1.58. The number of ketones is 3. The molecule has 3 saturated heterocycles. The Labute approximate surface area is 883 Å². The van der Waals surface area contributed by atoms with Crippen LogP contribution in [0.1, 0.15) is 352 Å². The molecule has 6 aromatic rings. The van der Waals surface area contributed by atoms with E-state index in [4.69, 9.17) is 24.1 Å². The van der Waals surface area contributed by atoms with E-state index < -0.39 is 11.9 Å².